The molecule has 0 atom stereocenters. The molecular formula is C28H27F2N3O5. The first-order chi connectivity index (χ1) is 18.3. The standard InChI is InChI=1S/C28H27F2N3O5/c29-28(30,21-6-11-23(12-7-21)35-16-2-1-15-31)38-24-9-3-20(4-10-24)5-14-27(34)37-18-17-36-26-13-8-22(32)19-25(26)33/h3-14,19H,1-2,16-18,32-33H2/b14-5+. The fourth-order valence-corrected chi connectivity index (χ4v) is 3.14. The van der Waals surface area contributed by atoms with Crippen LogP contribution in [0.3, 0.4) is 0 Å². The lowest BCUT2D eigenvalue weighted by Gasteiger charge is -2.18. The zero-order valence-electron chi connectivity index (χ0n) is 20.4. The van der Waals surface area contributed by atoms with E-state index in [0.29, 0.717) is 47.9 Å². The molecule has 0 bridgehead atoms. The highest BCUT2D eigenvalue weighted by Gasteiger charge is 2.34. The number of hydrogen-bond donors (Lipinski definition) is 2. The van der Waals surface area contributed by atoms with Gasteiger partial charge in [-0.3, -0.25) is 0 Å². The number of esters is 1. The molecule has 8 nitrogen and oxygen atoms in total. The predicted molar refractivity (Wildman–Crippen MR) is 139 cm³/mol. The first kappa shape index (κ1) is 27.8. The Balaban J connectivity index is 1.44. The molecule has 0 aromatic heterocycles. The van der Waals surface area contributed by atoms with E-state index in [1.165, 1.54) is 60.7 Å². The number of hydrogen-bond acceptors (Lipinski definition) is 8. The van der Waals surface area contributed by atoms with Gasteiger partial charge in [-0.2, -0.15) is 14.0 Å². The number of carbonyl (C=O) groups is 1. The Bertz CT molecular complexity index is 1270. The average Bonchev–Trinajstić information content (AvgIpc) is 2.90. The van der Waals surface area contributed by atoms with Crippen LogP contribution < -0.4 is 25.7 Å². The fourth-order valence-electron chi connectivity index (χ4n) is 3.14. The van der Waals surface area contributed by atoms with Crippen molar-refractivity contribution in [2.45, 2.75) is 19.0 Å². The molecule has 3 rings (SSSR count). The molecule has 0 saturated heterocycles. The van der Waals surface area contributed by atoms with Gasteiger partial charge in [0.05, 0.1) is 23.9 Å². The molecule has 4 N–H and O–H groups in total. The molecule has 0 spiro atoms. The van der Waals surface area contributed by atoms with Gasteiger partial charge in [-0.25, -0.2) is 4.79 Å². The van der Waals surface area contributed by atoms with E-state index in [1.54, 1.807) is 18.2 Å². The SMILES string of the molecule is N#CCCCOc1ccc(C(F)(F)Oc2ccc(/C=C/C(=O)OCCOc3ccc(N)cc3N)cc2)cc1. The molecule has 3 aromatic rings. The maximum absolute atomic E-state index is 14.6. The minimum Gasteiger partial charge on any atom is -0.494 e. The summed E-state index contributed by atoms with van der Waals surface area (Å²) in [6.45, 7) is 0.433. The number of rotatable bonds is 13. The summed E-state index contributed by atoms with van der Waals surface area (Å²) >= 11 is 0. The average molecular weight is 524 g/mol. The monoisotopic (exact) mass is 523 g/mol. The molecule has 38 heavy (non-hydrogen) atoms. The molecule has 0 saturated carbocycles. The van der Waals surface area contributed by atoms with Gasteiger partial charge < -0.3 is 30.4 Å². The van der Waals surface area contributed by atoms with E-state index in [0.717, 1.165) is 0 Å². The molecule has 3 aromatic carbocycles. The van der Waals surface area contributed by atoms with Crippen LogP contribution >= 0.6 is 0 Å². The lowest BCUT2D eigenvalue weighted by atomic mass is 10.2. The molecule has 0 amide bonds. The number of carbonyl (C=O) groups excluding carboxylic acids is 1. The Labute approximate surface area is 219 Å². The van der Waals surface area contributed by atoms with E-state index >= 15 is 0 Å². The van der Waals surface area contributed by atoms with E-state index in [1.807, 2.05) is 6.07 Å². The van der Waals surface area contributed by atoms with Crippen LogP contribution in [0.25, 0.3) is 6.08 Å². The smallest absolute Gasteiger partial charge is 0.426 e. The Morgan fingerprint density at radius 3 is 2.32 bits per heavy atom. The van der Waals surface area contributed by atoms with Crippen LogP contribution in [0.4, 0.5) is 20.2 Å². The molecular weight excluding hydrogens is 496 g/mol. The van der Waals surface area contributed by atoms with Crippen molar-refractivity contribution in [2.75, 3.05) is 31.3 Å². The van der Waals surface area contributed by atoms with Gasteiger partial charge in [0.1, 0.15) is 30.5 Å². The Morgan fingerprint density at radius 1 is 0.921 bits per heavy atom. The third-order valence-electron chi connectivity index (χ3n) is 5.05. The number of alkyl halides is 2. The van der Waals surface area contributed by atoms with Crippen LogP contribution in [0.1, 0.15) is 24.0 Å². The van der Waals surface area contributed by atoms with Crippen LogP contribution in [0.2, 0.25) is 0 Å². The van der Waals surface area contributed by atoms with Gasteiger partial charge >= 0.3 is 12.1 Å². The van der Waals surface area contributed by atoms with E-state index in [9.17, 15) is 13.6 Å². The van der Waals surface area contributed by atoms with Crippen molar-refractivity contribution in [3.05, 3.63) is 83.9 Å². The summed E-state index contributed by atoms with van der Waals surface area (Å²) in [4.78, 5) is 11.9. The number of nitriles is 1. The number of nitrogens with zero attached hydrogens (tertiary/aromatic N) is 1. The van der Waals surface area contributed by atoms with Gasteiger partial charge in [0.2, 0.25) is 0 Å². The number of nitrogens with two attached hydrogens (primary N) is 2. The number of nitrogen functional groups attached to an aromatic ring is 2. The second kappa shape index (κ2) is 13.5. The van der Waals surface area contributed by atoms with E-state index in [-0.39, 0.29) is 24.5 Å². The fraction of sp³-hybridized carbons (Fsp3) is 0.214. The lowest BCUT2D eigenvalue weighted by molar-refractivity contribution is -0.185. The lowest BCUT2D eigenvalue weighted by Crippen LogP contribution is -2.21. The first-order valence-electron chi connectivity index (χ1n) is 11.7. The summed E-state index contributed by atoms with van der Waals surface area (Å²) in [6.07, 6.45) is 0.0461. The molecule has 10 heteroatoms. The van der Waals surface area contributed by atoms with Gasteiger partial charge in [0.15, 0.2) is 0 Å². The third-order valence-corrected chi connectivity index (χ3v) is 5.05. The van der Waals surface area contributed by atoms with Crippen LogP contribution in [-0.4, -0.2) is 25.8 Å². The minimum atomic E-state index is -3.57. The Kier molecular flexibility index (Phi) is 9.88. The minimum absolute atomic E-state index is 0.00312. The third kappa shape index (κ3) is 8.71. The van der Waals surface area contributed by atoms with Crippen molar-refractivity contribution in [1.29, 1.82) is 5.26 Å². The van der Waals surface area contributed by atoms with Crippen molar-refractivity contribution < 1.29 is 32.5 Å². The van der Waals surface area contributed by atoms with Gasteiger partial charge in [-0.15, -0.1) is 0 Å². The second-order valence-corrected chi connectivity index (χ2v) is 7.97. The Morgan fingerprint density at radius 2 is 1.63 bits per heavy atom. The Hall–Kier alpha value is -4.78. The molecule has 0 heterocycles. The van der Waals surface area contributed by atoms with Crippen molar-refractivity contribution in [2.24, 2.45) is 0 Å². The topological polar surface area (TPSA) is 130 Å². The maximum atomic E-state index is 14.6. The summed E-state index contributed by atoms with van der Waals surface area (Å²) in [6, 6.07) is 17.9. The molecule has 0 aliphatic carbocycles. The maximum Gasteiger partial charge on any atom is 0.426 e. The molecule has 198 valence electrons. The van der Waals surface area contributed by atoms with Crippen molar-refractivity contribution in [3.8, 4) is 23.3 Å². The van der Waals surface area contributed by atoms with Gasteiger partial charge in [-0.05, 0) is 72.7 Å². The largest absolute Gasteiger partial charge is 0.494 e. The summed E-state index contributed by atoms with van der Waals surface area (Å²) in [5.74, 6) is 0.220. The summed E-state index contributed by atoms with van der Waals surface area (Å²) in [7, 11) is 0. The number of anilines is 2. The van der Waals surface area contributed by atoms with Crippen LogP contribution in [0.5, 0.6) is 17.2 Å². The van der Waals surface area contributed by atoms with Crippen molar-refractivity contribution in [3.63, 3.8) is 0 Å². The first-order valence-corrected chi connectivity index (χ1v) is 11.7. The van der Waals surface area contributed by atoms with Crippen LogP contribution in [-0.2, 0) is 15.6 Å². The summed E-state index contributed by atoms with van der Waals surface area (Å²) in [5.41, 5.74) is 12.6. The van der Waals surface area contributed by atoms with E-state index in [4.69, 9.17) is 35.7 Å². The van der Waals surface area contributed by atoms with Crippen LogP contribution in [0, 0.1) is 11.3 Å². The second-order valence-electron chi connectivity index (χ2n) is 7.97. The van der Waals surface area contributed by atoms with Crippen LogP contribution in [0.15, 0.2) is 72.8 Å². The number of unbranched alkanes of at least 4 members (excludes halogenated alkanes) is 1. The molecule has 0 aliphatic heterocycles. The van der Waals surface area contributed by atoms with E-state index < -0.39 is 12.1 Å². The normalized spacial score (nSPS) is 11.1. The highest BCUT2D eigenvalue weighted by molar-refractivity contribution is 5.87. The van der Waals surface area contributed by atoms with Gasteiger partial charge in [0, 0.05) is 18.2 Å². The number of ether oxygens (including phenoxy) is 4. The molecule has 0 unspecified atom stereocenters. The van der Waals surface area contributed by atoms with Crippen molar-refractivity contribution in [1.82, 2.24) is 0 Å². The highest BCUT2D eigenvalue weighted by atomic mass is 19.3. The van der Waals surface area contributed by atoms with E-state index in [2.05, 4.69) is 0 Å². The number of halogens is 2. The molecule has 0 radical (unpaired) electrons. The molecule has 0 fully saturated rings. The number of benzene rings is 3. The molecule has 0 aliphatic rings. The predicted octanol–water partition coefficient (Wildman–Crippen LogP) is 5.30. The quantitative estimate of drug-likeness (QED) is 0.134. The zero-order chi connectivity index (χ0) is 27.4. The van der Waals surface area contributed by atoms with Crippen molar-refractivity contribution >= 4 is 23.4 Å². The summed E-state index contributed by atoms with van der Waals surface area (Å²) < 4.78 is 50.0. The van der Waals surface area contributed by atoms with Gasteiger partial charge in [-0.1, -0.05) is 12.1 Å². The zero-order valence-corrected chi connectivity index (χ0v) is 20.4. The summed E-state index contributed by atoms with van der Waals surface area (Å²) in [5, 5.41) is 8.52. The highest BCUT2D eigenvalue weighted by Crippen LogP contribution is 2.32. The van der Waals surface area contributed by atoms with Gasteiger partial charge in [0.25, 0.3) is 0 Å².